The number of hydrogen-bond acceptors (Lipinski definition) is 6. The molecule has 48 heavy (non-hydrogen) atoms. The number of ether oxygens (including phenoxy) is 1. The van der Waals surface area contributed by atoms with Gasteiger partial charge in [0.05, 0.1) is 12.7 Å². The molecule has 4 aromatic rings. The lowest BCUT2D eigenvalue weighted by molar-refractivity contribution is -0.150. The number of carbonyl (C=O) groups excluding carboxylic acids is 3. The van der Waals surface area contributed by atoms with Crippen LogP contribution in [0.5, 0.6) is 0 Å². The smallest absolute Gasteiger partial charge is 0.416 e. The standard InChI is InChI=1S/C37H37F3N4O4/c1-36(2,35(47)48-3)42-34(46)32(26-9-5-4-6-10-26)44-23-21-43(22-24-44)29-19-17-28(18-20-29)41-33(45)31-12-8-7-11-30(31)25-13-15-27(16-14-25)37(38,39)40/h4-20,32H,21-24H2,1-3H3,(H,41,45)(H,42,46). The second-order valence-corrected chi connectivity index (χ2v) is 12.1. The fraction of sp³-hybridized carbons (Fsp3) is 0.270. The van der Waals surface area contributed by atoms with Gasteiger partial charge >= 0.3 is 12.1 Å². The molecule has 0 spiro atoms. The van der Waals surface area contributed by atoms with E-state index in [9.17, 15) is 27.6 Å². The Labute approximate surface area is 277 Å². The first-order valence-electron chi connectivity index (χ1n) is 15.5. The van der Waals surface area contributed by atoms with E-state index >= 15 is 0 Å². The number of rotatable bonds is 9. The summed E-state index contributed by atoms with van der Waals surface area (Å²) in [5.41, 5.74) is 1.76. The topological polar surface area (TPSA) is 91.0 Å². The van der Waals surface area contributed by atoms with E-state index in [2.05, 4.69) is 20.4 Å². The lowest BCUT2D eigenvalue weighted by Crippen LogP contribution is -2.56. The van der Waals surface area contributed by atoms with Gasteiger partial charge in [-0.2, -0.15) is 13.2 Å². The van der Waals surface area contributed by atoms with Crippen LogP contribution in [-0.2, 0) is 20.5 Å². The molecule has 2 N–H and O–H groups in total. The summed E-state index contributed by atoms with van der Waals surface area (Å²) in [7, 11) is 1.29. The van der Waals surface area contributed by atoms with Crippen molar-refractivity contribution in [2.24, 2.45) is 0 Å². The zero-order chi connectivity index (χ0) is 34.5. The Morgan fingerprint density at radius 1 is 0.771 bits per heavy atom. The number of anilines is 2. The van der Waals surface area contributed by atoms with Crippen molar-refractivity contribution in [3.63, 3.8) is 0 Å². The molecule has 1 saturated heterocycles. The maximum atomic E-state index is 13.6. The van der Waals surface area contributed by atoms with Crippen molar-refractivity contribution in [2.75, 3.05) is 43.5 Å². The molecule has 5 rings (SSSR count). The van der Waals surface area contributed by atoms with Gasteiger partial charge in [0.15, 0.2) is 0 Å². The molecule has 1 heterocycles. The molecule has 250 valence electrons. The third-order valence-corrected chi connectivity index (χ3v) is 8.36. The minimum absolute atomic E-state index is 0.287. The highest BCUT2D eigenvalue weighted by atomic mass is 19.4. The number of piperazine rings is 1. The van der Waals surface area contributed by atoms with Crippen LogP contribution in [0.1, 0.15) is 41.4 Å². The molecule has 2 amide bonds. The highest BCUT2D eigenvalue weighted by Gasteiger charge is 2.37. The minimum atomic E-state index is -4.44. The van der Waals surface area contributed by atoms with E-state index in [0.29, 0.717) is 48.6 Å². The number of hydrogen-bond donors (Lipinski definition) is 2. The van der Waals surface area contributed by atoms with E-state index in [-0.39, 0.29) is 11.8 Å². The Morgan fingerprint density at radius 3 is 1.98 bits per heavy atom. The van der Waals surface area contributed by atoms with Crippen molar-refractivity contribution < 1.29 is 32.3 Å². The van der Waals surface area contributed by atoms with Gasteiger partial charge in [-0.25, -0.2) is 4.79 Å². The van der Waals surface area contributed by atoms with Gasteiger partial charge in [0.1, 0.15) is 11.6 Å². The van der Waals surface area contributed by atoms with Crippen molar-refractivity contribution in [1.82, 2.24) is 10.2 Å². The quantitative estimate of drug-likeness (QED) is 0.198. The van der Waals surface area contributed by atoms with E-state index in [1.165, 1.54) is 19.2 Å². The minimum Gasteiger partial charge on any atom is -0.467 e. The summed E-state index contributed by atoms with van der Waals surface area (Å²) in [5.74, 6) is -1.20. The lowest BCUT2D eigenvalue weighted by Gasteiger charge is -2.40. The molecule has 1 aliphatic heterocycles. The SMILES string of the molecule is COC(=O)C(C)(C)NC(=O)C(c1ccccc1)N1CCN(c2ccc(NC(=O)c3ccccc3-c3ccc(C(F)(F)F)cc3)cc2)CC1. The summed E-state index contributed by atoms with van der Waals surface area (Å²) >= 11 is 0. The number of halogens is 3. The van der Waals surface area contributed by atoms with E-state index in [4.69, 9.17) is 4.74 Å². The Balaban J connectivity index is 1.24. The fourth-order valence-corrected chi connectivity index (χ4v) is 5.81. The van der Waals surface area contributed by atoms with Gasteiger partial charge in [0.2, 0.25) is 5.91 Å². The van der Waals surface area contributed by atoms with Gasteiger partial charge in [-0.3, -0.25) is 14.5 Å². The number of benzene rings is 4. The van der Waals surface area contributed by atoms with Crippen LogP contribution < -0.4 is 15.5 Å². The summed E-state index contributed by atoms with van der Waals surface area (Å²) in [6, 6.07) is 27.8. The summed E-state index contributed by atoms with van der Waals surface area (Å²) in [5, 5.41) is 5.75. The largest absolute Gasteiger partial charge is 0.467 e. The molecular weight excluding hydrogens is 621 g/mol. The van der Waals surface area contributed by atoms with E-state index in [1.54, 1.807) is 50.2 Å². The third-order valence-electron chi connectivity index (χ3n) is 8.36. The zero-order valence-corrected chi connectivity index (χ0v) is 26.9. The first-order chi connectivity index (χ1) is 22.9. The number of methoxy groups -OCH3 is 1. The van der Waals surface area contributed by atoms with E-state index < -0.39 is 29.3 Å². The Morgan fingerprint density at radius 2 is 1.38 bits per heavy atom. The molecule has 1 fully saturated rings. The maximum Gasteiger partial charge on any atom is 0.416 e. The van der Waals surface area contributed by atoms with Crippen LogP contribution in [0.15, 0.2) is 103 Å². The van der Waals surface area contributed by atoms with Crippen LogP contribution in [0.25, 0.3) is 11.1 Å². The molecule has 0 bridgehead atoms. The summed E-state index contributed by atoms with van der Waals surface area (Å²) < 4.78 is 44.0. The molecule has 4 aromatic carbocycles. The predicted molar refractivity (Wildman–Crippen MR) is 178 cm³/mol. The number of amides is 2. The van der Waals surface area contributed by atoms with Crippen molar-refractivity contribution in [3.05, 3.63) is 120 Å². The zero-order valence-electron chi connectivity index (χ0n) is 26.9. The summed E-state index contributed by atoms with van der Waals surface area (Å²) in [6.07, 6.45) is -4.44. The lowest BCUT2D eigenvalue weighted by atomic mass is 9.98. The third kappa shape index (κ3) is 7.86. The summed E-state index contributed by atoms with van der Waals surface area (Å²) in [4.78, 5) is 43.4. The number of esters is 1. The monoisotopic (exact) mass is 658 g/mol. The van der Waals surface area contributed by atoms with E-state index in [1.807, 2.05) is 42.5 Å². The number of carbonyl (C=O) groups is 3. The number of alkyl halides is 3. The molecule has 0 saturated carbocycles. The van der Waals surface area contributed by atoms with Crippen molar-refractivity contribution in [1.29, 1.82) is 0 Å². The van der Waals surface area contributed by atoms with Crippen molar-refractivity contribution >= 4 is 29.2 Å². The van der Waals surface area contributed by atoms with Gasteiger partial charge in [-0.05, 0) is 73.0 Å². The van der Waals surface area contributed by atoms with Crippen LogP contribution in [0.2, 0.25) is 0 Å². The van der Waals surface area contributed by atoms with Crippen LogP contribution in [0.3, 0.4) is 0 Å². The van der Waals surface area contributed by atoms with Crippen molar-refractivity contribution in [2.45, 2.75) is 31.6 Å². The highest BCUT2D eigenvalue weighted by Crippen LogP contribution is 2.32. The second-order valence-electron chi connectivity index (χ2n) is 12.1. The molecule has 0 radical (unpaired) electrons. The van der Waals surface area contributed by atoms with Gasteiger partial charge in [-0.15, -0.1) is 0 Å². The van der Waals surface area contributed by atoms with Crippen LogP contribution >= 0.6 is 0 Å². The Bertz CT molecular complexity index is 1740. The number of nitrogens with zero attached hydrogens (tertiary/aromatic N) is 2. The van der Waals surface area contributed by atoms with Gasteiger partial charge < -0.3 is 20.3 Å². The fourth-order valence-electron chi connectivity index (χ4n) is 5.81. The van der Waals surface area contributed by atoms with Gasteiger partial charge in [-0.1, -0.05) is 60.7 Å². The first kappa shape index (κ1) is 34.2. The molecule has 0 aliphatic carbocycles. The van der Waals surface area contributed by atoms with Crippen LogP contribution in [0, 0.1) is 0 Å². The van der Waals surface area contributed by atoms with Crippen LogP contribution in [-0.4, -0.2) is 61.5 Å². The highest BCUT2D eigenvalue weighted by molar-refractivity contribution is 6.08. The second kappa shape index (κ2) is 14.3. The number of nitrogens with one attached hydrogen (secondary N) is 2. The van der Waals surface area contributed by atoms with Crippen molar-refractivity contribution in [3.8, 4) is 11.1 Å². The molecule has 8 nitrogen and oxygen atoms in total. The predicted octanol–water partition coefficient (Wildman–Crippen LogP) is 6.56. The summed E-state index contributed by atoms with van der Waals surface area (Å²) in [6.45, 7) is 5.68. The van der Waals surface area contributed by atoms with E-state index in [0.717, 1.165) is 23.4 Å². The van der Waals surface area contributed by atoms with Gasteiger partial charge in [0.25, 0.3) is 5.91 Å². The molecule has 1 atom stereocenters. The molecule has 1 unspecified atom stereocenters. The average Bonchev–Trinajstić information content (AvgIpc) is 3.08. The molecular formula is C37H37F3N4O4. The normalized spacial score (nSPS) is 14.6. The van der Waals surface area contributed by atoms with Gasteiger partial charge in [0, 0.05) is 43.1 Å². The first-order valence-corrected chi connectivity index (χ1v) is 15.5. The van der Waals surface area contributed by atoms with Crippen LogP contribution in [0.4, 0.5) is 24.5 Å². The average molecular weight is 659 g/mol. The maximum absolute atomic E-state index is 13.6. The Kier molecular flexibility index (Phi) is 10.2. The molecule has 1 aliphatic rings. The molecule has 11 heteroatoms. The molecule has 0 aromatic heterocycles. The Hall–Kier alpha value is -5.16.